The van der Waals surface area contributed by atoms with E-state index in [1.807, 2.05) is 37.5 Å². The van der Waals surface area contributed by atoms with Gasteiger partial charge < -0.3 is 14.7 Å². The Hall–Kier alpha value is -2.31. The third-order valence-electron chi connectivity index (χ3n) is 3.14. The molecule has 0 aromatic carbocycles. The summed E-state index contributed by atoms with van der Waals surface area (Å²) < 4.78 is 7.04. The number of hydrogen-bond donors (Lipinski definition) is 1. The predicted octanol–water partition coefficient (Wildman–Crippen LogP) is 1.18. The Bertz CT molecular complexity index is 600. The maximum Gasteiger partial charge on any atom is 0.194 e. The van der Waals surface area contributed by atoms with Crippen LogP contribution >= 0.6 is 0 Å². The first-order chi connectivity index (χ1) is 10.1. The van der Waals surface area contributed by atoms with Crippen LogP contribution in [0.5, 0.6) is 0 Å². The molecule has 0 unspecified atom stereocenters. The highest BCUT2D eigenvalue weighted by atomic mass is 16.5. The molecule has 0 atom stereocenters. The van der Waals surface area contributed by atoms with Crippen molar-refractivity contribution in [3.63, 3.8) is 0 Å². The van der Waals surface area contributed by atoms with Gasteiger partial charge in [-0.15, -0.1) is 0 Å². The van der Waals surface area contributed by atoms with Crippen LogP contribution in [0.25, 0.3) is 0 Å². The lowest BCUT2D eigenvalue weighted by Crippen LogP contribution is -2.37. The second kappa shape index (κ2) is 6.92. The van der Waals surface area contributed by atoms with Crippen molar-refractivity contribution in [1.29, 1.82) is 0 Å². The molecule has 0 aliphatic heterocycles. The number of nitrogens with zero attached hydrogens (tertiary/aromatic N) is 5. The molecule has 2 aromatic rings. The predicted molar refractivity (Wildman–Crippen MR) is 80.8 cm³/mol. The van der Waals surface area contributed by atoms with E-state index < -0.39 is 0 Å². The minimum Gasteiger partial charge on any atom is -0.359 e. The van der Waals surface area contributed by atoms with E-state index in [0.717, 1.165) is 35.9 Å². The summed E-state index contributed by atoms with van der Waals surface area (Å²) in [5.74, 6) is 1.61. The molecule has 0 amide bonds. The monoisotopic (exact) mass is 290 g/mol. The van der Waals surface area contributed by atoms with Gasteiger partial charge in [0.2, 0.25) is 0 Å². The molecule has 1 N–H and O–H groups in total. The second-order valence-electron chi connectivity index (χ2n) is 4.92. The van der Waals surface area contributed by atoms with E-state index in [2.05, 4.69) is 27.5 Å². The summed E-state index contributed by atoms with van der Waals surface area (Å²) in [5, 5.41) is 11.4. The lowest BCUT2D eigenvalue weighted by Gasteiger charge is -2.20. The lowest BCUT2D eigenvalue weighted by molar-refractivity contribution is 0.371. The first-order valence-corrected chi connectivity index (χ1v) is 6.96. The van der Waals surface area contributed by atoms with Gasteiger partial charge in [0.05, 0.1) is 18.4 Å². The highest BCUT2D eigenvalue weighted by Gasteiger charge is 2.09. The normalized spacial score (nSPS) is 11.7. The molecule has 0 fully saturated rings. The highest BCUT2D eigenvalue weighted by Crippen LogP contribution is 2.05. The van der Waals surface area contributed by atoms with Crippen LogP contribution in [0.4, 0.5) is 0 Å². The summed E-state index contributed by atoms with van der Waals surface area (Å²) in [4.78, 5) is 6.31. The van der Waals surface area contributed by atoms with Crippen LogP contribution in [0.2, 0.25) is 0 Å². The van der Waals surface area contributed by atoms with Crippen LogP contribution in [-0.2, 0) is 26.6 Å². The van der Waals surface area contributed by atoms with Crippen LogP contribution in [-0.4, -0.2) is 39.9 Å². The van der Waals surface area contributed by atoms with E-state index in [1.165, 1.54) is 0 Å². The van der Waals surface area contributed by atoms with Gasteiger partial charge in [0.15, 0.2) is 11.7 Å². The molecule has 0 aliphatic carbocycles. The van der Waals surface area contributed by atoms with Gasteiger partial charge in [0, 0.05) is 45.5 Å². The number of nitrogens with one attached hydrogen (secondary N) is 1. The van der Waals surface area contributed by atoms with Crippen LogP contribution in [0.15, 0.2) is 28.0 Å². The van der Waals surface area contributed by atoms with Crippen molar-refractivity contribution in [2.24, 2.45) is 12.0 Å². The number of hydrogen-bond acceptors (Lipinski definition) is 4. The number of guanidine groups is 1. The van der Waals surface area contributed by atoms with Gasteiger partial charge >= 0.3 is 0 Å². The first-order valence-electron chi connectivity index (χ1n) is 6.96. The zero-order chi connectivity index (χ0) is 15.2. The molecular weight excluding hydrogens is 268 g/mol. The molecule has 0 aliphatic rings. The maximum absolute atomic E-state index is 5.25. The SMILES string of the molecule is CCc1cc(CNC(=NC)N(C)Cc2cnn(C)c2)on1. The quantitative estimate of drug-likeness (QED) is 0.661. The van der Waals surface area contributed by atoms with Crippen molar-refractivity contribution in [3.8, 4) is 0 Å². The van der Waals surface area contributed by atoms with Gasteiger partial charge in [-0.25, -0.2) is 0 Å². The minimum atomic E-state index is 0.567. The van der Waals surface area contributed by atoms with Crippen LogP contribution in [0.3, 0.4) is 0 Å². The molecule has 2 heterocycles. The van der Waals surface area contributed by atoms with Gasteiger partial charge in [0.1, 0.15) is 0 Å². The summed E-state index contributed by atoms with van der Waals surface area (Å²) in [5.41, 5.74) is 2.10. The average molecular weight is 290 g/mol. The van der Waals surface area contributed by atoms with Gasteiger partial charge in [-0.3, -0.25) is 9.67 Å². The molecule has 0 bridgehead atoms. The Morgan fingerprint density at radius 2 is 2.33 bits per heavy atom. The van der Waals surface area contributed by atoms with Crippen molar-refractivity contribution in [2.45, 2.75) is 26.4 Å². The minimum absolute atomic E-state index is 0.567. The van der Waals surface area contributed by atoms with Gasteiger partial charge in [-0.05, 0) is 6.42 Å². The largest absolute Gasteiger partial charge is 0.359 e. The smallest absolute Gasteiger partial charge is 0.194 e. The van der Waals surface area contributed by atoms with E-state index in [4.69, 9.17) is 4.52 Å². The van der Waals surface area contributed by atoms with E-state index in [0.29, 0.717) is 6.54 Å². The number of aliphatic imine (C=N–C) groups is 1. The van der Waals surface area contributed by atoms with E-state index in [1.54, 1.807) is 11.7 Å². The fourth-order valence-electron chi connectivity index (χ4n) is 2.06. The number of rotatable bonds is 5. The Morgan fingerprint density at radius 1 is 1.52 bits per heavy atom. The van der Waals surface area contributed by atoms with Crippen molar-refractivity contribution < 1.29 is 4.52 Å². The van der Waals surface area contributed by atoms with Crippen LogP contribution in [0, 0.1) is 0 Å². The maximum atomic E-state index is 5.25. The average Bonchev–Trinajstić information content (AvgIpc) is 3.08. The third kappa shape index (κ3) is 4.08. The standard InChI is InChI=1S/C14H22N6O/c1-5-12-6-13(21-18-12)8-16-14(15-2)19(3)9-11-7-17-20(4)10-11/h6-7,10H,5,8-9H2,1-4H3,(H,15,16). The number of aromatic nitrogens is 3. The molecular formula is C14H22N6O. The fraction of sp³-hybridized carbons (Fsp3) is 0.500. The van der Waals surface area contributed by atoms with Crippen molar-refractivity contribution in [3.05, 3.63) is 35.5 Å². The summed E-state index contributed by atoms with van der Waals surface area (Å²) in [6.07, 6.45) is 4.72. The summed E-state index contributed by atoms with van der Waals surface area (Å²) >= 11 is 0. The van der Waals surface area contributed by atoms with Crippen molar-refractivity contribution in [2.75, 3.05) is 14.1 Å². The summed E-state index contributed by atoms with van der Waals surface area (Å²) in [6.45, 7) is 3.36. The molecule has 7 nitrogen and oxygen atoms in total. The fourth-order valence-corrected chi connectivity index (χ4v) is 2.06. The van der Waals surface area contributed by atoms with E-state index >= 15 is 0 Å². The molecule has 7 heteroatoms. The van der Waals surface area contributed by atoms with Gasteiger partial charge in [-0.2, -0.15) is 5.10 Å². The highest BCUT2D eigenvalue weighted by molar-refractivity contribution is 5.79. The molecule has 2 aromatic heterocycles. The van der Waals surface area contributed by atoms with Crippen LogP contribution in [0.1, 0.15) is 23.9 Å². The Balaban J connectivity index is 1.90. The van der Waals surface area contributed by atoms with Crippen molar-refractivity contribution >= 4 is 5.96 Å². The molecule has 0 saturated heterocycles. The van der Waals surface area contributed by atoms with E-state index in [9.17, 15) is 0 Å². The molecule has 0 saturated carbocycles. The Morgan fingerprint density at radius 3 is 2.90 bits per heavy atom. The molecule has 21 heavy (non-hydrogen) atoms. The molecule has 0 spiro atoms. The summed E-state index contributed by atoms with van der Waals surface area (Å²) in [6, 6.07) is 1.96. The second-order valence-corrected chi connectivity index (χ2v) is 4.92. The van der Waals surface area contributed by atoms with Gasteiger partial charge in [0.25, 0.3) is 0 Å². The molecule has 0 radical (unpaired) electrons. The molecule has 2 rings (SSSR count). The zero-order valence-electron chi connectivity index (χ0n) is 13.0. The van der Waals surface area contributed by atoms with Gasteiger partial charge in [-0.1, -0.05) is 12.1 Å². The molecule has 114 valence electrons. The zero-order valence-corrected chi connectivity index (χ0v) is 13.0. The summed E-state index contributed by atoms with van der Waals surface area (Å²) in [7, 11) is 5.66. The Labute approximate surface area is 124 Å². The van der Waals surface area contributed by atoms with Crippen LogP contribution < -0.4 is 5.32 Å². The number of aryl methyl sites for hydroxylation is 2. The topological polar surface area (TPSA) is 71.5 Å². The van der Waals surface area contributed by atoms with E-state index in [-0.39, 0.29) is 0 Å². The first kappa shape index (κ1) is 15.1. The Kier molecular flexibility index (Phi) is 4.97. The third-order valence-corrected chi connectivity index (χ3v) is 3.14. The van der Waals surface area contributed by atoms with Crippen molar-refractivity contribution in [1.82, 2.24) is 25.2 Å². The lowest BCUT2D eigenvalue weighted by atomic mass is 10.3.